The van der Waals surface area contributed by atoms with Gasteiger partial charge in [-0.25, -0.2) is 9.37 Å². The van der Waals surface area contributed by atoms with Gasteiger partial charge in [-0.1, -0.05) is 6.07 Å². The number of anilines is 1. The van der Waals surface area contributed by atoms with E-state index in [1.54, 1.807) is 13.8 Å². The minimum absolute atomic E-state index is 0.0883. The lowest BCUT2D eigenvalue weighted by atomic mass is 10.1. The topological polar surface area (TPSA) is 140 Å². The second-order valence-electron chi connectivity index (χ2n) is 8.60. The quantitative estimate of drug-likeness (QED) is 0.599. The zero-order valence-corrected chi connectivity index (χ0v) is 18.4. The van der Waals surface area contributed by atoms with Gasteiger partial charge in [0.2, 0.25) is 11.7 Å². The van der Waals surface area contributed by atoms with E-state index in [0.29, 0.717) is 24.1 Å². The molecule has 11 heteroatoms. The fourth-order valence-electron chi connectivity index (χ4n) is 4.29. The molecule has 4 N–H and O–H groups in total. The van der Waals surface area contributed by atoms with Crippen molar-refractivity contribution in [1.29, 1.82) is 0 Å². The maximum Gasteiger partial charge on any atom is 0.296 e. The summed E-state index contributed by atoms with van der Waals surface area (Å²) in [7, 11) is 0. The van der Waals surface area contributed by atoms with Crippen LogP contribution >= 0.6 is 0 Å². The highest BCUT2D eigenvalue weighted by molar-refractivity contribution is 5.97. The van der Waals surface area contributed by atoms with Crippen molar-refractivity contribution in [3.8, 4) is 5.75 Å². The Hall–Kier alpha value is -3.31. The number of nitrogens with zero attached hydrogens (tertiary/aromatic N) is 3. The van der Waals surface area contributed by atoms with Crippen molar-refractivity contribution in [2.75, 3.05) is 18.1 Å². The summed E-state index contributed by atoms with van der Waals surface area (Å²) in [5, 5.41) is 12.9. The summed E-state index contributed by atoms with van der Waals surface area (Å²) in [5.74, 6) is -2.01. The summed E-state index contributed by atoms with van der Waals surface area (Å²) in [6.45, 7) is 4.06. The van der Waals surface area contributed by atoms with Crippen molar-refractivity contribution in [2.45, 2.75) is 51.4 Å². The second-order valence-corrected chi connectivity index (χ2v) is 8.60. The minimum Gasteiger partial charge on any atom is -0.501 e. The number of rotatable bonds is 5. The summed E-state index contributed by atoms with van der Waals surface area (Å²) in [5.41, 5.74) is 4.52. The second kappa shape index (κ2) is 8.56. The molecule has 1 aromatic heterocycles. The van der Waals surface area contributed by atoms with Crippen LogP contribution in [0.5, 0.6) is 5.75 Å². The van der Waals surface area contributed by atoms with E-state index < -0.39 is 34.3 Å². The van der Waals surface area contributed by atoms with Gasteiger partial charge in [0.1, 0.15) is 17.2 Å². The molecule has 176 valence electrons. The molecule has 2 amide bonds. The monoisotopic (exact) mass is 459 g/mol. The number of hydrogen-bond donors (Lipinski definition) is 3. The Balaban J connectivity index is 1.63. The summed E-state index contributed by atoms with van der Waals surface area (Å²) >= 11 is 0. The number of aromatic nitrogens is 2. The van der Waals surface area contributed by atoms with E-state index in [1.165, 1.54) is 27.7 Å². The van der Waals surface area contributed by atoms with Crippen LogP contribution in [-0.2, 0) is 28.2 Å². The van der Waals surface area contributed by atoms with Crippen LogP contribution in [0.2, 0.25) is 0 Å². The molecule has 2 aliphatic rings. The molecule has 10 nitrogen and oxygen atoms in total. The minimum atomic E-state index is -0.919. The first kappa shape index (κ1) is 22.9. The molecule has 1 saturated heterocycles. The molecule has 0 radical (unpaired) electrons. The summed E-state index contributed by atoms with van der Waals surface area (Å²) < 4.78 is 20.9. The third-order valence-corrected chi connectivity index (χ3v) is 6.02. The fraction of sp³-hybridized carbons (Fsp3) is 0.455. The highest BCUT2D eigenvalue weighted by Gasteiger charge is 2.35. The lowest BCUT2D eigenvalue weighted by molar-refractivity contribution is -0.117. The molecule has 1 aromatic carbocycles. The summed E-state index contributed by atoms with van der Waals surface area (Å²) in [6.07, 6.45) is 0.866. The van der Waals surface area contributed by atoms with Gasteiger partial charge in [-0.3, -0.25) is 19.0 Å². The Morgan fingerprint density at radius 1 is 1.39 bits per heavy atom. The van der Waals surface area contributed by atoms with Gasteiger partial charge >= 0.3 is 0 Å². The number of amides is 2. The highest BCUT2D eigenvalue weighted by Crippen LogP contribution is 2.31. The molecule has 2 aromatic rings. The summed E-state index contributed by atoms with van der Waals surface area (Å²) in [4.78, 5) is 43.6. The van der Waals surface area contributed by atoms with Crippen LogP contribution in [0.15, 0.2) is 23.0 Å². The molecule has 0 spiro atoms. The normalized spacial score (nSPS) is 19.5. The highest BCUT2D eigenvalue weighted by atomic mass is 19.1. The largest absolute Gasteiger partial charge is 0.501 e. The Kier molecular flexibility index (Phi) is 5.93. The van der Waals surface area contributed by atoms with Crippen molar-refractivity contribution in [3.05, 3.63) is 51.5 Å². The molecule has 0 saturated carbocycles. The van der Waals surface area contributed by atoms with Crippen LogP contribution in [0.4, 0.5) is 10.1 Å². The lowest BCUT2D eigenvalue weighted by Gasteiger charge is -2.32. The number of ether oxygens (including phenoxy) is 1. The number of benzene rings is 1. The van der Waals surface area contributed by atoms with Gasteiger partial charge in [0.25, 0.3) is 11.5 Å². The SMILES string of the molecule is CC1(C)OCCn2c1nc(C(=O)NCc1ccc(F)cc1N1C(=O)CC[C@@H]1CN)c(O)c2=O. The number of aromatic hydroxyl groups is 1. The third-order valence-electron chi connectivity index (χ3n) is 6.02. The van der Waals surface area contributed by atoms with Gasteiger partial charge < -0.3 is 25.8 Å². The number of nitrogens with two attached hydrogens (primary N) is 1. The smallest absolute Gasteiger partial charge is 0.296 e. The zero-order chi connectivity index (χ0) is 23.9. The van der Waals surface area contributed by atoms with Gasteiger partial charge in [-0.05, 0) is 38.0 Å². The van der Waals surface area contributed by atoms with Crippen LogP contribution in [0.1, 0.15) is 48.6 Å². The first-order valence-electron chi connectivity index (χ1n) is 10.7. The van der Waals surface area contributed by atoms with Crippen LogP contribution in [0.25, 0.3) is 0 Å². The van der Waals surface area contributed by atoms with Gasteiger partial charge in [-0.2, -0.15) is 0 Å². The maximum absolute atomic E-state index is 14.0. The number of nitrogens with one attached hydrogen (secondary N) is 1. The van der Waals surface area contributed by atoms with Crippen LogP contribution in [0.3, 0.4) is 0 Å². The maximum atomic E-state index is 14.0. The van der Waals surface area contributed by atoms with E-state index >= 15 is 0 Å². The fourth-order valence-corrected chi connectivity index (χ4v) is 4.29. The molecular formula is C22H26FN5O5. The van der Waals surface area contributed by atoms with Crippen molar-refractivity contribution in [2.24, 2.45) is 5.73 Å². The van der Waals surface area contributed by atoms with Crippen molar-refractivity contribution < 1.29 is 23.8 Å². The predicted octanol–water partition coefficient (Wildman–Crippen LogP) is 0.737. The van der Waals surface area contributed by atoms with Crippen molar-refractivity contribution in [3.63, 3.8) is 0 Å². The van der Waals surface area contributed by atoms with Crippen molar-refractivity contribution in [1.82, 2.24) is 14.9 Å². The van der Waals surface area contributed by atoms with Gasteiger partial charge in [0.15, 0.2) is 5.69 Å². The number of halogens is 1. The molecule has 0 bridgehead atoms. The van der Waals surface area contributed by atoms with E-state index in [9.17, 15) is 23.9 Å². The standard InChI is InChI=1S/C22H26FN5O5/c1-22(2)21-26-17(18(30)20(32)27(21)7-8-33-22)19(31)25-11-12-3-4-13(23)9-15(12)28-14(10-24)5-6-16(28)29/h3-4,9,14,30H,5-8,10-11,24H2,1-2H3,(H,25,31)/t14-/m1/s1. The Morgan fingerprint density at radius 3 is 2.88 bits per heavy atom. The van der Waals surface area contributed by atoms with E-state index in [1.807, 2.05) is 0 Å². The molecule has 1 fully saturated rings. The van der Waals surface area contributed by atoms with Gasteiger partial charge in [0, 0.05) is 25.6 Å². The molecule has 33 heavy (non-hydrogen) atoms. The Morgan fingerprint density at radius 2 is 2.15 bits per heavy atom. The zero-order valence-electron chi connectivity index (χ0n) is 18.4. The molecule has 2 aliphatic heterocycles. The average Bonchev–Trinajstić information content (AvgIpc) is 3.15. The number of hydrogen-bond acceptors (Lipinski definition) is 7. The van der Waals surface area contributed by atoms with Gasteiger partial charge in [-0.15, -0.1) is 0 Å². The Bertz CT molecular complexity index is 1180. The molecule has 0 unspecified atom stereocenters. The molecular weight excluding hydrogens is 433 g/mol. The van der Waals surface area contributed by atoms with Crippen LogP contribution in [0, 0.1) is 5.82 Å². The number of carbonyl (C=O) groups is 2. The van der Waals surface area contributed by atoms with Crippen LogP contribution < -0.4 is 21.5 Å². The molecule has 1 atom stereocenters. The number of fused-ring (bicyclic) bond motifs is 1. The van der Waals surface area contributed by atoms with E-state index in [4.69, 9.17) is 10.5 Å². The lowest BCUT2D eigenvalue weighted by Crippen LogP contribution is -2.42. The first-order chi connectivity index (χ1) is 15.6. The van der Waals surface area contributed by atoms with Crippen molar-refractivity contribution >= 4 is 17.5 Å². The summed E-state index contributed by atoms with van der Waals surface area (Å²) in [6, 6.07) is 3.66. The Labute approximate surface area is 189 Å². The first-order valence-corrected chi connectivity index (χ1v) is 10.7. The molecule has 4 rings (SSSR count). The molecule has 0 aliphatic carbocycles. The van der Waals surface area contributed by atoms with Gasteiger partial charge in [0.05, 0.1) is 18.8 Å². The predicted molar refractivity (Wildman–Crippen MR) is 116 cm³/mol. The average molecular weight is 459 g/mol. The van der Waals surface area contributed by atoms with E-state index in [0.717, 1.165) is 0 Å². The number of carbonyl (C=O) groups excluding carboxylic acids is 2. The van der Waals surface area contributed by atoms with Crippen LogP contribution in [-0.4, -0.2) is 45.7 Å². The molecule has 3 heterocycles. The van der Waals surface area contributed by atoms with E-state index in [2.05, 4.69) is 10.3 Å². The van der Waals surface area contributed by atoms with E-state index in [-0.39, 0.29) is 44.0 Å². The third kappa shape index (κ3) is 4.09.